The van der Waals surface area contributed by atoms with Gasteiger partial charge >= 0.3 is 0 Å². The maximum Gasteiger partial charge on any atom is 0.262 e. The van der Waals surface area contributed by atoms with Crippen LogP contribution < -0.4 is 24.8 Å². The second-order valence-corrected chi connectivity index (χ2v) is 5.23. The molecule has 1 aliphatic heterocycles. The van der Waals surface area contributed by atoms with Gasteiger partial charge in [-0.1, -0.05) is 0 Å². The van der Waals surface area contributed by atoms with Crippen LogP contribution in [0.3, 0.4) is 0 Å². The predicted molar refractivity (Wildman–Crippen MR) is 79.3 cm³/mol. The number of ether oxygens (including phenoxy) is 3. The SMILES string of the molecule is COc1cc(OC)c(OC)cc1CNC(=O)C1CC(F)(F)CN1. The summed E-state index contributed by atoms with van der Waals surface area (Å²) < 4.78 is 41.9. The van der Waals surface area contributed by atoms with Crippen molar-refractivity contribution < 1.29 is 27.8 Å². The van der Waals surface area contributed by atoms with E-state index in [0.29, 0.717) is 22.8 Å². The molecule has 1 saturated heterocycles. The molecule has 0 aliphatic carbocycles. The summed E-state index contributed by atoms with van der Waals surface area (Å²) in [5.41, 5.74) is 0.656. The molecule has 0 aromatic heterocycles. The van der Waals surface area contributed by atoms with Crippen molar-refractivity contribution in [2.45, 2.75) is 24.9 Å². The van der Waals surface area contributed by atoms with Crippen molar-refractivity contribution in [3.63, 3.8) is 0 Å². The number of hydrogen-bond donors (Lipinski definition) is 2. The van der Waals surface area contributed by atoms with Crippen LogP contribution in [-0.4, -0.2) is 45.7 Å². The standard InChI is InChI=1S/C15H20F2N2O4/c1-21-11-5-13(23-3)12(22-2)4-9(11)7-18-14(20)10-6-15(16,17)8-19-10/h4-5,10,19H,6-8H2,1-3H3,(H,18,20). The van der Waals surface area contributed by atoms with Gasteiger partial charge in [0.2, 0.25) is 5.91 Å². The number of halogens is 2. The molecule has 0 bridgehead atoms. The second kappa shape index (κ2) is 6.99. The summed E-state index contributed by atoms with van der Waals surface area (Å²) in [6.07, 6.45) is -0.498. The van der Waals surface area contributed by atoms with Gasteiger partial charge in [0.05, 0.1) is 33.9 Å². The minimum Gasteiger partial charge on any atom is -0.496 e. The van der Waals surface area contributed by atoms with E-state index in [1.54, 1.807) is 12.1 Å². The third-order valence-electron chi connectivity index (χ3n) is 3.67. The van der Waals surface area contributed by atoms with Gasteiger partial charge < -0.3 is 19.5 Å². The third-order valence-corrected chi connectivity index (χ3v) is 3.67. The zero-order valence-electron chi connectivity index (χ0n) is 13.2. The van der Waals surface area contributed by atoms with E-state index in [1.807, 2.05) is 0 Å². The molecule has 1 aliphatic rings. The summed E-state index contributed by atoms with van der Waals surface area (Å²) in [6.45, 7) is -0.350. The molecule has 1 fully saturated rings. The molecule has 8 heteroatoms. The first kappa shape index (κ1) is 17.3. The largest absolute Gasteiger partial charge is 0.496 e. The highest BCUT2D eigenvalue weighted by atomic mass is 19.3. The fraction of sp³-hybridized carbons (Fsp3) is 0.533. The lowest BCUT2D eigenvalue weighted by atomic mass is 10.1. The Bertz CT molecular complexity index is 581. The molecule has 6 nitrogen and oxygen atoms in total. The molecular weight excluding hydrogens is 310 g/mol. The number of carbonyl (C=O) groups excluding carboxylic acids is 1. The molecule has 0 saturated carbocycles. The molecule has 1 amide bonds. The highest BCUT2D eigenvalue weighted by Gasteiger charge is 2.42. The van der Waals surface area contributed by atoms with Gasteiger partial charge in [0, 0.05) is 24.6 Å². The maximum atomic E-state index is 13.1. The summed E-state index contributed by atoms with van der Waals surface area (Å²) in [5, 5.41) is 5.15. The number of benzene rings is 1. The zero-order chi connectivity index (χ0) is 17.0. The average Bonchev–Trinajstić information content (AvgIpc) is 2.91. The van der Waals surface area contributed by atoms with Gasteiger partial charge in [0.25, 0.3) is 5.92 Å². The molecule has 2 N–H and O–H groups in total. The Morgan fingerprint density at radius 2 is 1.83 bits per heavy atom. The van der Waals surface area contributed by atoms with Gasteiger partial charge in [-0.2, -0.15) is 0 Å². The topological polar surface area (TPSA) is 68.8 Å². The van der Waals surface area contributed by atoms with Gasteiger partial charge in [0.1, 0.15) is 5.75 Å². The van der Waals surface area contributed by atoms with Gasteiger partial charge in [-0.05, 0) is 6.07 Å². The van der Waals surface area contributed by atoms with Crippen molar-refractivity contribution in [3.8, 4) is 17.2 Å². The van der Waals surface area contributed by atoms with Crippen LogP contribution in [0.4, 0.5) is 8.78 Å². The Labute approximate surface area is 133 Å². The van der Waals surface area contributed by atoms with E-state index in [0.717, 1.165) is 0 Å². The predicted octanol–water partition coefficient (Wildman–Crippen LogP) is 1.33. The number of nitrogens with one attached hydrogen (secondary N) is 2. The fourth-order valence-electron chi connectivity index (χ4n) is 2.44. The molecule has 23 heavy (non-hydrogen) atoms. The van der Waals surface area contributed by atoms with E-state index >= 15 is 0 Å². The number of alkyl halides is 2. The van der Waals surface area contributed by atoms with Crippen LogP contribution in [0.15, 0.2) is 12.1 Å². The second-order valence-electron chi connectivity index (χ2n) is 5.23. The molecule has 2 rings (SSSR count). The van der Waals surface area contributed by atoms with Crippen LogP contribution in [0.5, 0.6) is 17.2 Å². The normalized spacial score (nSPS) is 19.3. The summed E-state index contributed by atoms with van der Waals surface area (Å²) in [7, 11) is 4.49. The molecule has 1 atom stereocenters. The van der Waals surface area contributed by atoms with Crippen molar-refractivity contribution in [1.82, 2.24) is 10.6 Å². The van der Waals surface area contributed by atoms with Crippen LogP contribution in [0.1, 0.15) is 12.0 Å². The molecule has 1 heterocycles. The van der Waals surface area contributed by atoms with E-state index < -0.39 is 30.8 Å². The lowest BCUT2D eigenvalue weighted by Crippen LogP contribution is -2.40. The van der Waals surface area contributed by atoms with Crippen LogP contribution in [0, 0.1) is 0 Å². The van der Waals surface area contributed by atoms with E-state index in [-0.39, 0.29) is 6.54 Å². The monoisotopic (exact) mass is 330 g/mol. The molecule has 1 aromatic carbocycles. The minimum absolute atomic E-state index is 0.131. The third kappa shape index (κ3) is 4.01. The number of carbonyl (C=O) groups is 1. The Morgan fingerprint density at radius 1 is 1.22 bits per heavy atom. The minimum atomic E-state index is -2.84. The van der Waals surface area contributed by atoms with E-state index in [1.165, 1.54) is 21.3 Å². The Hall–Kier alpha value is -2.09. The number of methoxy groups -OCH3 is 3. The van der Waals surface area contributed by atoms with E-state index in [2.05, 4.69) is 10.6 Å². The Balaban J connectivity index is 2.06. The highest BCUT2D eigenvalue weighted by Crippen LogP contribution is 2.34. The first-order chi connectivity index (χ1) is 10.9. The molecule has 128 valence electrons. The Morgan fingerprint density at radius 3 is 2.35 bits per heavy atom. The molecule has 1 aromatic rings. The molecule has 0 radical (unpaired) electrons. The Kier molecular flexibility index (Phi) is 5.25. The van der Waals surface area contributed by atoms with Crippen molar-refractivity contribution in [3.05, 3.63) is 17.7 Å². The summed E-state index contributed by atoms with van der Waals surface area (Å²) >= 11 is 0. The summed E-state index contributed by atoms with van der Waals surface area (Å²) in [4.78, 5) is 12.0. The highest BCUT2D eigenvalue weighted by molar-refractivity contribution is 5.82. The van der Waals surface area contributed by atoms with Gasteiger partial charge in [0.15, 0.2) is 11.5 Å². The number of hydrogen-bond acceptors (Lipinski definition) is 5. The first-order valence-electron chi connectivity index (χ1n) is 7.08. The average molecular weight is 330 g/mol. The van der Waals surface area contributed by atoms with Gasteiger partial charge in [-0.25, -0.2) is 8.78 Å². The number of amides is 1. The van der Waals surface area contributed by atoms with Crippen molar-refractivity contribution in [2.75, 3.05) is 27.9 Å². The summed E-state index contributed by atoms with van der Waals surface area (Å²) in [5.74, 6) is -1.82. The van der Waals surface area contributed by atoms with E-state index in [9.17, 15) is 13.6 Å². The molecule has 1 unspecified atom stereocenters. The van der Waals surface area contributed by atoms with Crippen LogP contribution in [0.2, 0.25) is 0 Å². The van der Waals surface area contributed by atoms with Gasteiger partial charge in [-0.15, -0.1) is 0 Å². The number of rotatable bonds is 6. The maximum absolute atomic E-state index is 13.1. The van der Waals surface area contributed by atoms with Crippen molar-refractivity contribution in [2.24, 2.45) is 0 Å². The molecular formula is C15H20F2N2O4. The smallest absolute Gasteiger partial charge is 0.262 e. The van der Waals surface area contributed by atoms with Crippen LogP contribution in [-0.2, 0) is 11.3 Å². The van der Waals surface area contributed by atoms with Crippen molar-refractivity contribution in [1.29, 1.82) is 0 Å². The quantitative estimate of drug-likeness (QED) is 0.823. The lowest BCUT2D eigenvalue weighted by Gasteiger charge is -2.16. The zero-order valence-corrected chi connectivity index (χ0v) is 13.2. The lowest BCUT2D eigenvalue weighted by molar-refractivity contribution is -0.123. The van der Waals surface area contributed by atoms with Gasteiger partial charge in [-0.3, -0.25) is 10.1 Å². The van der Waals surface area contributed by atoms with Crippen molar-refractivity contribution >= 4 is 5.91 Å². The van der Waals surface area contributed by atoms with E-state index in [4.69, 9.17) is 14.2 Å². The van der Waals surface area contributed by atoms with Crippen LogP contribution >= 0.6 is 0 Å². The van der Waals surface area contributed by atoms with Crippen LogP contribution in [0.25, 0.3) is 0 Å². The molecule has 0 spiro atoms. The fourth-order valence-corrected chi connectivity index (χ4v) is 2.44. The first-order valence-corrected chi connectivity index (χ1v) is 7.08. The summed E-state index contributed by atoms with van der Waals surface area (Å²) in [6, 6.07) is 2.42.